The average Bonchev–Trinajstić information content (AvgIpc) is 2.34. The minimum Gasteiger partial charge on any atom is -0.480 e. The van der Waals surface area contributed by atoms with Crippen LogP contribution in [0.15, 0.2) is 0 Å². The van der Waals surface area contributed by atoms with Gasteiger partial charge in [-0.15, -0.1) is 0 Å². The molecule has 0 saturated heterocycles. The smallest absolute Gasteiger partial charge is 0.329 e. The molecule has 0 bridgehead atoms. The predicted octanol–water partition coefficient (Wildman–Crippen LogP) is 1.91. The maximum absolute atomic E-state index is 12.0. The first-order valence-electron chi connectivity index (χ1n) is 7.63. The summed E-state index contributed by atoms with van der Waals surface area (Å²) in [5.74, 6) is -0.687. The van der Waals surface area contributed by atoms with Gasteiger partial charge in [0.2, 0.25) is 5.91 Å². The Morgan fingerprint density at radius 3 is 2.65 bits per heavy atom. The van der Waals surface area contributed by atoms with Crippen LogP contribution in [0.5, 0.6) is 0 Å². The van der Waals surface area contributed by atoms with Crippen LogP contribution in [0.25, 0.3) is 0 Å². The number of carboxylic acids is 1. The Morgan fingerprint density at radius 1 is 1.40 bits per heavy atom. The SMILES string of the molecule is CC1CCCC(NC(=O)CCCNC(C)C)(C(=O)O)C1. The number of carbonyl (C=O) groups excluding carboxylic acids is 1. The molecule has 2 unspecified atom stereocenters. The normalized spacial score (nSPS) is 26.5. The molecule has 116 valence electrons. The largest absolute Gasteiger partial charge is 0.480 e. The molecule has 5 nitrogen and oxygen atoms in total. The van der Waals surface area contributed by atoms with Crippen molar-refractivity contribution in [2.24, 2.45) is 5.92 Å². The maximum atomic E-state index is 12.0. The molecule has 0 aliphatic heterocycles. The van der Waals surface area contributed by atoms with Crippen LogP contribution in [0, 0.1) is 5.92 Å². The lowest BCUT2D eigenvalue weighted by Gasteiger charge is -2.37. The summed E-state index contributed by atoms with van der Waals surface area (Å²) in [6.45, 7) is 6.95. The van der Waals surface area contributed by atoms with Crippen molar-refractivity contribution in [2.45, 2.75) is 70.9 Å². The Balaban J connectivity index is 2.45. The molecule has 1 aliphatic rings. The third-order valence-corrected chi connectivity index (χ3v) is 3.92. The molecule has 2 atom stereocenters. The van der Waals surface area contributed by atoms with Crippen LogP contribution in [-0.2, 0) is 9.59 Å². The number of rotatable bonds is 7. The second kappa shape index (κ2) is 7.62. The van der Waals surface area contributed by atoms with Crippen LogP contribution in [0.1, 0.15) is 59.3 Å². The van der Waals surface area contributed by atoms with E-state index in [2.05, 4.69) is 31.4 Å². The molecule has 5 heteroatoms. The molecule has 0 aromatic heterocycles. The minimum absolute atomic E-state index is 0.146. The van der Waals surface area contributed by atoms with Crippen LogP contribution < -0.4 is 10.6 Å². The van der Waals surface area contributed by atoms with Gasteiger partial charge in [0.1, 0.15) is 5.54 Å². The van der Waals surface area contributed by atoms with Crippen LogP contribution in [-0.4, -0.2) is 35.1 Å². The Bertz CT molecular complexity index is 344. The Labute approximate surface area is 121 Å². The fourth-order valence-electron chi connectivity index (χ4n) is 2.88. The zero-order valence-electron chi connectivity index (χ0n) is 12.9. The highest BCUT2D eigenvalue weighted by molar-refractivity contribution is 5.87. The van der Waals surface area contributed by atoms with Crippen molar-refractivity contribution < 1.29 is 14.7 Å². The highest BCUT2D eigenvalue weighted by Crippen LogP contribution is 2.32. The Morgan fingerprint density at radius 2 is 2.10 bits per heavy atom. The third-order valence-electron chi connectivity index (χ3n) is 3.92. The van der Waals surface area contributed by atoms with E-state index >= 15 is 0 Å². The molecular weight excluding hydrogens is 256 g/mol. The van der Waals surface area contributed by atoms with Gasteiger partial charge in [-0.2, -0.15) is 0 Å². The number of hydrogen-bond donors (Lipinski definition) is 3. The van der Waals surface area contributed by atoms with E-state index in [0.717, 1.165) is 25.8 Å². The lowest BCUT2D eigenvalue weighted by Crippen LogP contribution is -2.56. The molecular formula is C15H28N2O3. The summed E-state index contributed by atoms with van der Waals surface area (Å²) in [6.07, 6.45) is 4.10. The van der Waals surface area contributed by atoms with Crippen molar-refractivity contribution >= 4 is 11.9 Å². The van der Waals surface area contributed by atoms with Crippen molar-refractivity contribution in [2.75, 3.05) is 6.54 Å². The Hall–Kier alpha value is -1.10. The number of carboxylic acid groups (broad SMARTS) is 1. The number of carbonyl (C=O) groups is 2. The average molecular weight is 284 g/mol. The molecule has 3 N–H and O–H groups in total. The summed E-state index contributed by atoms with van der Waals surface area (Å²) >= 11 is 0. The second-order valence-electron chi connectivity index (χ2n) is 6.35. The van der Waals surface area contributed by atoms with Gasteiger partial charge in [0.05, 0.1) is 0 Å². The first-order chi connectivity index (χ1) is 9.35. The van der Waals surface area contributed by atoms with Crippen LogP contribution in [0.4, 0.5) is 0 Å². The summed E-state index contributed by atoms with van der Waals surface area (Å²) in [6, 6.07) is 0.405. The number of nitrogens with one attached hydrogen (secondary N) is 2. The fraction of sp³-hybridized carbons (Fsp3) is 0.867. The molecule has 0 spiro atoms. The molecule has 1 rings (SSSR count). The van der Waals surface area contributed by atoms with Crippen LogP contribution in [0.3, 0.4) is 0 Å². The van der Waals surface area contributed by atoms with Gasteiger partial charge in [0.25, 0.3) is 0 Å². The van der Waals surface area contributed by atoms with Gasteiger partial charge >= 0.3 is 5.97 Å². The molecule has 0 radical (unpaired) electrons. The lowest BCUT2D eigenvalue weighted by atomic mass is 9.76. The van der Waals surface area contributed by atoms with Gasteiger partial charge in [-0.05, 0) is 31.7 Å². The summed E-state index contributed by atoms with van der Waals surface area (Å²) < 4.78 is 0. The molecule has 0 aromatic rings. The van der Waals surface area contributed by atoms with E-state index in [4.69, 9.17) is 0 Å². The topological polar surface area (TPSA) is 78.4 Å². The summed E-state index contributed by atoms with van der Waals surface area (Å²) in [5.41, 5.74) is -1.04. The quantitative estimate of drug-likeness (QED) is 0.624. The minimum atomic E-state index is -1.04. The summed E-state index contributed by atoms with van der Waals surface area (Å²) in [4.78, 5) is 23.5. The molecule has 0 heterocycles. The van der Waals surface area contributed by atoms with Crippen molar-refractivity contribution in [3.63, 3.8) is 0 Å². The molecule has 1 fully saturated rings. The summed E-state index contributed by atoms with van der Waals surface area (Å²) in [7, 11) is 0. The standard InChI is InChI=1S/C15H28N2O3/c1-11(2)16-9-5-7-13(18)17-15(14(19)20)8-4-6-12(3)10-15/h11-12,16H,4-10H2,1-3H3,(H,17,18)(H,19,20). The lowest BCUT2D eigenvalue weighted by molar-refractivity contribution is -0.150. The van der Waals surface area contributed by atoms with Crippen molar-refractivity contribution in [1.29, 1.82) is 0 Å². The van der Waals surface area contributed by atoms with Gasteiger partial charge in [0.15, 0.2) is 0 Å². The number of amides is 1. The number of hydrogen-bond acceptors (Lipinski definition) is 3. The van der Waals surface area contributed by atoms with Crippen molar-refractivity contribution in [3.8, 4) is 0 Å². The highest BCUT2D eigenvalue weighted by atomic mass is 16.4. The van der Waals surface area contributed by atoms with Crippen LogP contribution >= 0.6 is 0 Å². The van der Waals surface area contributed by atoms with Gasteiger partial charge in [-0.3, -0.25) is 4.79 Å². The van der Waals surface area contributed by atoms with E-state index in [0.29, 0.717) is 31.2 Å². The zero-order chi connectivity index (χ0) is 15.2. The van der Waals surface area contributed by atoms with Crippen molar-refractivity contribution in [3.05, 3.63) is 0 Å². The molecule has 0 aromatic carbocycles. The van der Waals surface area contributed by atoms with Gasteiger partial charge < -0.3 is 15.7 Å². The van der Waals surface area contributed by atoms with Crippen LogP contribution in [0.2, 0.25) is 0 Å². The first-order valence-corrected chi connectivity index (χ1v) is 7.63. The van der Waals surface area contributed by atoms with E-state index in [1.807, 2.05) is 0 Å². The summed E-state index contributed by atoms with van der Waals surface area (Å²) in [5, 5.41) is 15.5. The molecule has 1 amide bonds. The highest BCUT2D eigenvalue weighted by Gasteiger charge is 2.42. The van der Waals surface area contributed by atoms with E-state index in [1.165, 1.54) is 0 Å². The molecule has 1 saturated carbocycles. The predicted molar refractivity (Wildman–Crippen MR) is 78.5 cm³/mol. The first kappa shape index (κ1) is 17.0. The van der Waals surface area contributed by atoms with Crippen molar-refractivity contribution in [1.82, 2.24) is 10.6 Å². The number of aliphatic carboxylic acids is 1. The fourth-order valence-corrected chi connectivity index (χ4v) is 2.88. The van der Waals surface area contributed by atoms with E-state index in [1.54, 1.807) is 0 Å². The van der Waals surface area contributed by atoms with Gasteiger partial charge in [-0.1, -0.05) is 33.6 Å². The maximum Gasteiger partial charge on any atom is 0.329 e. The van der Waals surface area contributed by atoms with E-state index < -0.39 is 11.5 Å². The second-order valence-corrected chi connectivity index (χ2v) is 6.35. The molecule has 1 aliphatic carbocycles. The van der Waals surface area contributed by atoms with E-state index in [9.17, 15) is 14.7 Å². The van der Waals surface area contributed by atoms with Gasteiger partial charge in [-0.25, -0.2) is 4.79 Å². The monoisotopic (exact) mass is 284 g/mol. The van der Waals surface area contributed by atoms with Gasteiger partial charge in [0, 0.05) is 12.5 Å². The molecule has 20 heavy (non-hydrogen) atoms. The third kappa shape index (κ3) is 5.12. The zero-order valence-corrected chi connectivity index (χ0v) is 12.9. The Kier molecular flexibility index (Phi) is 6.46. The van der Waals surface area contributed by atoms with E-state index in [-0.39, 0.29) is 5.91 Å².